The van der Waals surface area contributed by atoms with Crippen LogP contribution in [0, 0.1) is 0 Å². The van der Waals surface area contributed by atoms with Crippen LogP contribution < -0.4 is 5.73 Å². The van der Waals surface area contributed by atoms with Crippen molar-refractivity contribution in [3.63, 3.8) is 0 Å². The third-order valence-electron chi connectivity index (χ3n) is 1.89. The summed E-state index contributed by atoms with van der Waals surface area (Å²) in [6.45, 7) is 1.95. The molecule has 82 valence electrons. The summed E-state index contributed by atoms with van der Waals surface area (Å²) in [5.74, 6) is -2.54. The maximum atomic E-state index is 12.4. The molecule has 0 aromatic carbocycles. The van der Waals surface area contributed by atoms with Crippen molar-refractivity contribution < 1.29 is 14.3 Å². The maximum Gasteiger partial charge on any atom is 0.364 e. The molecule has 0 aliphatic carbocycles. The van der Waals surface area contributed by atoms with Gasteiger partial charge in [-0.25, -0.2) is 4.79 Å². The molecule has 14 heavy (non-hydrogen) atoms. The van der Waals surface area contributed by atoms with Gasteiger partial charge in [-0.2, -0.15) is 4.39 Å². The first-order valence-electron chi connectivity index (χ1n) is 4.88. The number of carboxylic acids is 1. The van der Waals surface area contributed by atoms with E-state index >= 15 is 0 Å². The summed E-state index contributed by atoms with van der Waals surface area (Å²) in [4.78, 5) is 10.0. The van der Waals surface area contributed by atoms with E-state index in [1.807, 2.05) is 6.92 Å². The van der Waals surface area contributed by atoms with Gasteiger partial charge in [0, 0.05) is 6.04 Å². The zero-order valence-corrected chi connectivity index (χ0v) is 8.50. The van der Waals surface area contributed by atoms with E-state index in [9.17, 15) is 9.18 Å². The average Bonchev–Trinajstić information content (AvgIpc) is 2.09. The first-order valence-corrected chi connectivity index (χ1v) is 4.88. The fraction of sp³-hybridized carbons (Fsp3) is 0.700. The molecule has 0 saturated carbocycles. The molecule has 0 amide bonds. The molecule has 3 N–H and O–H groups in total. The van der Waals surface area contributed by atoms with Crippen molar-refractivity contribution >= 4 is 5.97 Å². The van der Waals surface area contributed by atoms with Gasteiger partial charge in [-0.05, 0) is 32.3 Å². The van der Waals surface area contributed by atoms with Gasteiger partial charge in [0.05, 0.1) is 0 Å². The van der Waals surface area contributed by atoms with E-state index in [4.69, 9.17) is 10.8 Å². The molecule has 0 aliphatic rings. The molecule has 3 nitrogen and oxygen atoms in total. The lowest BCUT2D eigenvalue weighted by molar-refractivity contribution is -0.134. The van der Waals surface area contributed by atoms with Gasteiger partial charge in [-0.3, -0.25) is 0 Å². The van der Waals surface area contributed by atoms with E-state index in [0.717, 1.165) is 31.8 Å². The molecule has 0 saturated heterocycles. The van der Waals surface area contributed by atoms with Gasteiger partial charge in [0.2, 0.25) is 5.83 Å². The molecule has 0 aromatic heterocycles. The first-order chi connectivity index (χ1) is 6.54. The van der Waals surface area contributed by atoms with Crippen molar-refractivity contribution in [3.05, 3.63) is 11.9 Å². The van der Waals surface area contributed by atoms with Crippen LogP contribution in [0.3, 0.4) is 0 Å². The normalized spacial score (nSPS) is 14.1. The molecule has 1 atom stereocenters. The molecule has 1 unspecified atom stereocenters. The lowest BCUT2D eigenvalue weighted by Crippen LogP contribution is -2.13. The Kier molecular flexibility index (Phi) is 7.02. The van der Waals surface area contributed by atoms with Gasteiger partial charge in [0.25, 0.3) is 0 Å². The third-order valence-corrected chi connectivity index (χ3v) is 1.89. The molecular formula is C10H18FNO2. The average molecular weight is 203 g/mol. The number of carboxylic acid groups (broad SMARTS) is 1. The predicted octanol–water partition coefficient (Wildman–Crippen LogP) is 2.22. The molecule has 0 fully saturated rings. The number of hydrogen-bond acceptors (Lipinski definition) is 2. The standard InChI is InChI=1S/C10H18FNO2/c1-8(12)6-4-2-3-5-7-9(11)10(13)14/h7-8H,2-6,12H2,1H3,(H,13,14)/b9-7+. The number of nitrogens with two attached hydrogens (primary N) is 1. The molecule has 0 rings (SSSR count). The fourth-order valence-corrected chi connectivity index (χ4v) is 1.10. The molecular weight excluding hydrogens is 185 g/mol. The van der Waals surface area contributed by atoms with Crippen LogP contribution in [0.25, 0.3) is 0 Å². The molecule has 0 aliphatic heterocycles. The number of aliphatic carboxylic acids is 1. The smallest absolute Gasteiger partial charge is 0.364 e. The van der Waals surface area contributed by atoms with Crippen LogP contribution in [0.15, 0.2) is 11.9 Å². The third kappa shape index (κ3) is 7.73. The Morgan fingerprint density at radius 3 is 2.64 bits per heavy atom. The highest BCUT2D eigenvalue weighted by Gasteiger charge is 2.02. The van der Waals surface area contributed by atoms with Crippen molar-refractivity contribution in [2.45, 2.75) is 45.1 Å². The summed E-state index contributed by atoms with van der Waals surface area (Å²) < 4.78 is 12.4. The number of unbranched alkanes of at least 4 members (excludes halogenated alkanes) is 3. The van der Waals surface area contributed by atoms with Crippen LogP contribution >= 0.6 is 0 Å². The highest BCUT2D eigenvalue weighted by molar-refractivity contribution is 5.83. The number of hydrogen-bond donors (Lipinski definition) is 2. The zero-order valence-electron chi connectivity index (χ0n) is 8.50. The SMILES string of the molecule is CC(N)CCCCC/C=C(/F)C(=O)O. The zero-order chi connectivity index (χ0) is 11.0. The first kappa shape index (κ1) is 13.1. The second-order valence-electron chi connectivity index (χ2n) is 3.47. The molecule has 0 radical (unpaired) electrons. The molecule has 0 bridgehead atoms. The van der Waals surface area contributed by atoms with Crippen LogP contribution in [0.1, 0.15) is 39.0 Å². The van der Waals surface area contributed by atoms with Gasteiger partial charge >= 0.3 is 5.97 Å². The largest absolute Gasteiger partial charge is 0.476 e. The van der Waals surface area contributed by atoms with Gasteiger partial charge in [0.1, 0.15) is 0 Å². The van der Waals surface area contributed by atoms with E-state index in [0.29, 0.717) is 6.42 Å². The quantitative estimate of drug-likeness (QED) is 0.492. The Bertz CT molecular complexity index is 202. The highest BCUT2D eigenvalue weighted by Crippen LogP contribution is 2.07. The van der Waals surface area contributed by atoms with Crippen LogP contribution in [0.5, 0.6) is 0 Å². The number of carbonyl (C=O) groups is 1. The summed E-state index contributed by atoms with van der Waals surface area (Å²) >= 11 is 0. The second-order valence-corrected chi connectivity index (χ2v) is 3.47. The number of rotatable bonds is 7. The summed E-state index contributed by atoms with van der Waals surface area (Å²) in [6.07, 6.45) is 5.36. The van der Waals surface area contributed by atoms with Crippen molar-refractivity contribution in [1.82, 2.24) is 0 Å². The number of halogens is 1. The summed E-state index contributed by atoms with van der Waals surface area (Å²) in [6, 6.07) is 0.210. The second kappa shape index (κ2) is 7.50. The maximum absolute atomic E-state index is 12.4. The Labute approximate surface area is 83.8 Å². The van der Waals surface area contributed by atoms with Crippen molar-refractivity contribution in [2.24, 2.45) is 5.73 Å². The Hall–Kier alpha value is -0.900. The monoisotopic (exact) mass is 203 g/mol. The Morgan fingerprint density at radius 2 is 2.14 bits per heavy atom. The molecule has 4 heteroatoms. The van der Waals surface area contributed by atoms with Gasteiger partial charge in [-0.15, -0.1) is 0 Å². The Morgan fingerprint density at radius 1 is 1.50 bits per heavy atom. The topological polar surface area (TPSA) is 63.3 Å². The summed E-state index contributed by atoms with van der Waals surface area (Å²) in [5, 5.41) is 8.20. The van der Waals surface area contributed by atoms with Crippen LogP contribution in [0.2, 0.25) is 0 Å². The summed E-state index contributed by atoms with van der Waals surface area (Å²) in [7, 11) is 0. The van der Waals surface area contributed by atoms with Gasteiger partial charge < -0.3 is 10.8 Å². The van der Waals surface area contributed by atoms with Crippen molar-refractivity contribution in [2.75, 3.05) is 0 Å². The van der Waals surface area contributed by atoms with E-state index in [2.05, 4.69) is 0 Å². The van der Waals surface area contributed by atoms with Crippen molar-refractivity contribution in [1.29, 1.82) is 0 Å². The van der Waals surface area contributed by atoms with Gasteiger partial charge in [-0.1, -0.05) is 12.8 Å². The molecule has 0 spiro atoms. The predicted molar refractivity (Wildman–Crippen MR) is 53.6 cm³/mol. The van der Waals surface area contributed by atoms with Crippen LogP contribution in [0.4, 0.5) is 4.39 Å². The lowest BCUT2D eigenvalue weighted by Gasteiger charge is -2.02. The minimum Gasteiger partial charge on any atom is -0.476 e. The van der Waals surface area contributed by atoms with Crippen molar-refractivity contribution in [3.8, 4) is 0 Å². The molecule has 0 aromatic rings. The van der Waals surface area contributed by atoms with Crippen LogP contribution in [-0.2, 0) is 4.79 Å². The minimum atomic E-state index is -1.49. The van der Waals surface area contributed by atoms with E-state index in [1.165, 1.54) is 0 Å². The van der Waals surface area contributed by atoms with E-state index < -0.39 is 11.8 Å². The molecule has 0 heterocycles. The van der Waals surface area contributed by atoms with E-state index in [1.54, 1.807) is 0 Å². The lowest BCUT2D eigenvalue weighted by atomic mass is 10.1. The van der Waals surface area contributed by atoms with Gasteiger partial charge in [0.15, 0.2) is 0 Å². The summed E-state index contributed by atoms with van der Waals surface area (Å²) in [5.41, 5.74) is 5.55. The van der Waals surface area contributed by atoms with Crippen LogP contribution in [-0.4, -0.2) is 17.1 Å². The Balaban J connectivity index is 3.38. The minimum absolute atomic E-state index is 0.210. The number of allylic oxidation sites excluding steroid dienone is 1. The van der Waals surface area contributed by atoms with E-state index in [-0.39, 0.29) is 6.04 Å². The highest BCUT2D eigenvalue weighted by atomic mass is 19.1. The fourth-order valence-electron chi connectivity index (χ4n) is 1.10.